The first-order valence-electron chi connectivity index (χ1n) is 7.23. The number of hydrogen-bond donors (Lipinski definition) is 1. The third kappa shape index (κ3) is 3.96. The summed E-state index contributed by atoms with van der Waals surface area (Å²) in [4.78, 5) is 11.5. The normalized spacial score (nSPS) is 10.4. The van der Waals surface area contributed by atoms with Crippen LogP contribution in [0.2, 0.25) is 5.02 Å². The van der Waals surface area contributed by atoms with Crippen LogP contribution in [0.4, 0.5) is 14.9 Å². The van der Waals surface area contributed by atoms with Gasteiger partial charge in [-0.2, -0.15) is 5.06 Å². The molecule has 2 aromatic carbocycles. The minimum absolute atomic E-state index is 0.0561. The fraction of sp³-hybridized carbons (Fsp3) is 0.235. The maximum absolute atomic E-state index is 14.0. The van der Waals surface area contributed by atoms with E-state index in [2.05, 4.69) is 4.74 Å². The van der Waals surface area contributed by atoms with Gasteiger partial charge < -0.3 is 9.47 Å². The number of benzene rings is 2. The highest BCUT2D eigenvalue weighted by Gasteiger charge is 2.19. The number of ether oxygens (including phenoxy) is 2. The molecule has 2 aromatic rings. The molecule has 0 aliphatic carbocycles. The Bertz CT molecular complexity index is 739. The van der Waals surface area contributed by atoms with Gasteiger partial charge in [0.25, 0.3) is 0 Å². The van der Waals surface area contributed by atoms with Crippen molar-refractivity contribution in [2.75, 3.05) is 12.2 Å². The SMILES string of the molecule is CCc1ccc(OCc2c(Cl)cccc2N(O)C(=O)OC)c(F)c1. The van der Waals surface area contributed by atoms with Crippen LogP contribution in [0.25, 0.3) is 0 Å². The third-order valence-corrected chi connectivity index (χ3v) is 3.80. The summed E-state index contributed by atoms with van der Waals surface area (Å²) < 4.78 is 23.9. The van der Waals surface area contributed by atoms with E-state index in [1.165, 1.54) is 18.2 Å². The summed E-state index contributed by atoms with van der Waals surface area (Å²) in [6.07, 6.45) is -0.262. The highest BCUT2D eigenvalue weighted by molar-refractivity contribution is 6.31. The Morgan fingerprint density at radius 1 is 1.33 bits per heavy atom. The summed E-state index contributed by atoms with van der Waals surface area (Å²) in [5.74, 6) is -0.433. The number of aryl methyl sites for hydroxylation is 1. The molecule has 0 saturated carbocycles. The van der Waals surface area contributed by atoms with Crippen LogP contribution in [0.15, 0.2) is 36.4 Å². The Kier molecular flexibility index (Phi) is 6.00. The molecule has 0 atom stereocenters. The number of nitrogens with zero attached hydrogens (tertiary/aromatic N) is 1. The molecule has 0 radical (unpaired) electrons. The Balaban J connectivity index is 2.25. The molecule has 0 spiro atoms. The lowest BCUT2D eigenvalue weighted by atomic mass is 10.1. The molecule has 2 rings (SSSR count). The Morgan fingerprint density at radius 3 is 2.71 bits per heavy atom. The van der Waals surface area contributed by atoms with Crippen LogP contribution in [0, 0.1) is 5.82 Å². The first kappa shape index (κ1) is 18.0. The largest absolute Gasteiger partial charge is 0.486 e. The molecule has 0 unspecified atom stereocenters. The lowest BCUT2D eigenvalue weighted by molar-refractivity contribution is 0.140. The zero-order valence-corrected chi connectivity index (χ0v) is 14.0. The summed E-state index contributed by atoms with van der Waals surface area (Å²) in [6, 6.07) is 9.30. The lowest BCUT2D eigenvalue weighted by Crippen LogP contribution is -2.28. The number of amides is 1. The minimum Gasteiger partial charge on any atom is -0.486 e. The van der Waals surface area contributed by atoms with E-state index in [4.69, 9.17) is 16.3 Å². The second kappa shape index (κ2) is 7.99. The van der Waals surface area contributed by atoms with Gasteiger partial charge in [-0.1, -0.05) is 30.7 Å². The lowest BCUT2D eigenvalue weighted by Gasteiger charge is -2.18. The van der Waals surface area contributed by atoms with E-state index in [0.717, 1.165) is 12.7 Å². The summed E-state index contributed by atoms with van der Waals surface area (Å²) in [7, 11) is 1.14. The number of anilines is 1. The topological polar surface area (TPSA) is 59.0 Å². The molecule has 0 bridgehead atoms. The van der Waals surface area contributed by atoms with Gasteiger partial charge in [-0.15, -0.1) is 0 Å². The van der Waals surface area contributed by atoms with E-state index >= 15 is 0 Å². The molecule has 128 valence electrons. The van der Waals surface area contributed by atoms with Crippen molar-refractivity contribution in [1.82, 2.24) is 0 Å². The van der Waals surface area contributed by atoms with Crippen molar-refractivity contribution in [1.29, 1.82) is 0 Å². The molecule has 0 aliphatic heterocycles. The smallest absolute Gasteiger partial charge is 0.438 e. The zero-order valence-electron chi connectivity index (χ0n) is 13.3. The minimum atomic E-state index is -0.975. The molecular formula is C17H17ClFNO4. The predicted molar refractivity (Wildman–Crippen MR) is 88.2 cm³/mol. The van der Waals surface area contributed by atoms with E-state index in [1.807, 2.05) is 6.92 Å². The molecule has 0 aliphatic rings. The first-order valence-corrected chi connectivity index (χ1v) is 7.61. The van der Waals surface area contributed by atoms with Crippen molar-refractivity contribution >= 4 is 23.4 Å². The molecule has 5 nitrogen and oxygen atoms in total. The van der Waals surface area contributed by atoms with Gasteiger partial charge >= 0.3 is 6.09 Å². The van der Waals surface area contributed by atoms with Crippen molar-refractivity contribution in [2.24, 2.45) is 0 Å². The number of hydroxylamine groups is 1. The van der Waals surface area contributed by atoms with Crippen LogP contribution < -0.4 is 9.80 Å². The van der Waals surface area contributed by atoms with Crippen molar-refractivity contribution in [3.8, 4) is 5.75 Å². The second-order valence-electron chi connectivity index (χ2n) is 4.93. The molecule has 1 N–H and O–H groups in total. The van der Waals surface area contributed by atoms with Gasteiger partial charge in [-0.25, -0.2) is 9.18 Å². The van der Waals surface area contributed by atoms with Gasteiger partial charge in [0.1, 0.15) is 6.61 Å². The van der Waals surface area contributed by atoms with Gasteiger partial charge in [-0.05, 0) is 36.2 Å². The maximum atomic E-state index is 14.0. The average Bonchev–Trinajstić information content (AvgIpc) is 2.59. The quantitative estimate of drug-likeness (QED) is 0.631. The summed E-state index contributed by atoms with van der Waals surface area (Å²) >= 11 is 6.11. The molecule has 0 saturated heterocycles. The number of carbonyl (C=O) groups is 1. The van der Waals surface area contributed by atoms with E-state index in [9.17, 15) is 14.4 Å². The van der Waals surface area contributed by atoms with Gasteiger partial charge in [-0.3, -0.25) is 5.21 Å². The van der Waals surface area contributed by atoms with E-state index < -0.39 is 11.9 Å². The highest BCUT2D eigenvalue weighted by atomic mass is 35.5. The second-order valence-corrected chi connectivity index (χ2v) is 5.33. The van der Waals surface area contributed by atoms with Crippen LogP contribution >= 0.6 is 11.6 Å². The fourth-order valence-corrected chi connectivity index (χ4v) is 2.33. The summed E-state index contributed by atoms with van der Waals surface area (Å²) in [5.41, 5.74) is 1.27. The van der Waals surface area contributed by atoms with E-state index in [-0.39, 0.29) is 23.1 Å². The first-order chi connectivity index (χ1) is 11.5. The number of rotatable bonds is 5. The van der Waals surface area contributed by atoms with Crippen molar-refractivity contribution in [3.63, 3.8) is 0 Å². The predicted octanol–water partition coefficient (Wildman–Crippen LogP) is 4.58. The van der Waals surface area contributed by atoms with Crippen LogP contribution in [-0.2, 0) is 17.8 Å². The molecule has 1 amide bonds. The van der Waals surface area contributed by atoms with Crippen LogP contribution in [0.5, 0.6) is 5.75 Å². The molecule has 0 fully saturated rings. The molecular weight excluding hydrogens is 337 g/mol. The highest BCUT2D eigenvalue weighted by Crippen LogP contribution is 2.29. The molecule has 0 heterocycles. The maximum Gasteiger partial charge on any atom is 0.438 e. The van der Waals surface area contributed by atoms with Gasteiger partial charge in [0.2, 0.25) is 0 Å². The average molecular weight is 354 g/mol. The van der Waals surface area contributed by atoms with Crippen LogP contribution in [-0.4, -0.2) is 18.4 Å². The van der Waals surface area contributed by atoms with E-state index in [1.54, 1.807) is 18.2 Å². The summed E-state index contributed by atoms with van der Waals surface area (Å²) in [5, 5.41) is 10.5. The third-order valence-electron chi connectivity index (χ3n) is 3.45. The number of halogens is 2. The Hall–Kier alpha value is -2.31. The van der Waals surface area contributed by atoms with Crippen molar-refractivity contribution < 1.29 is 23.9 Å². The number of methoxy groups -OCH3 is 1. The van der Waals surface area contributed by atoms with E-state index in [0.29, 0.717) is 17.0 Å². The standard InChI is InChI=1S/C17H17ClFNO4/c1-3-11-7-8-16(14(19)9-11)24-10-12-13(18)5-4-6-15(12)20(22)17(21)23-2/h4-9,22H,3,10H2,1-2H3. The van der Waals surface area contributed by atoms with Crippen molar-refractivity contribution in [2.45, 2.75) is 20.0 Å². The molecule has 0 aromatic heterocycles. The van der Waals surface area contributed by atoms with Gasteiger partial charge in [0.15, 0.2) is 11.6 Å². The number of carbonyl (C=O) groups excluding carboxylic acids is 1. The zero-order chi connectivity index (χ0) is 17.7. The van der Waals surface area contributed by atoms with Gasteiger partial charge in [0, 0.05) is 10.6 Å². The van der Waals surface area contributed by atoms with Crippen LogP contribution in [0.1, 0.15) is 18.1 Å². The van der Waals surface area contributed by atoms with Crippen molar-refractivity contribution in [3.05, 3.63) is 58.4 Å². The molecule has 7 heteroatoms. The monoisotopic (exact) mass is 353 g/mol. The van der Waals surface area contributed by atoms with Crippen LogP contribution in [0.3, 0.4) is 0 Å². The fourth-order valence-electron chi connectivity index (χ4n) is 2.10. The number of hydrogen-bond acceptors (Lipinski definition) is 4. The Morgan fingerprint density at radius 2 is 2.08 bits per heavy atom. The summed E-state index contributed by atoms with van der Waals surface area (Å²) in [6.45, 7) is 1.79. The molecule has 24 heavy (non-hydrogen) atoms. The Labute approximate surface area is 144 Å². The van der Waals surface area contributed by atoms with Gasteiger partial charge in [0.05, 0.1) is 12.8 Å².